The lowest BCUT2D eigenvalue weighted by Crippen LogP contribution is -2.47. The number of alkyl halides is 1. The third kappa shape index (κ3) is 2.97. The number of carbonyl (C=O) groups is 2. The Morgan fingerprint density at radius 2 is 2.12 bits per heavy atom. The van der Waals surface area contributed by atoms with E-state index >= 15 is 0 Å². The van der Waals surface area contributed by atoms with Crippen molar-refractivity contribution in [2.45, 2.75) is 44.0 Å². The minimum atomic E-state index is -0.623. The quantitative estimate of drug-likeness (QED) is 0.587. The fraction of sp³-hybridized carbons (Fsp3) is 0.818. The molecule has 1 heterocycles. The molecule has 0 N–H and O–H groups in total. The zero-order valence-electron chi connectivity index (χ0n) is 9.96. The highest BCUT2D eigenvalue weighted by molar-refractivity contribution is 9.10. The van der Waals surface area contributed by atoms with Crippen molar-refractivity contribution in [3.8, 4) is 0 Å². The van der Waals surface area contributed by atoms with Crippen LogP contribution in [0.4, 0.5) is 0 Å². The van der Waals surface area contributed by atoms with Gasteiger partial charge in [0.15, 0.2) is 0 Å². The smallest absolute Gasteiger partial charge is 0.328 e. The van der Waals surface area contributed by atoms with Gasteiger partial charge in [-0.1, -0.05) is 15.9 Å². The van der Waals surface area contributed by atoms with Crippen molar-refractivity contribution < 1.29 is 14.3 Å². The SMILES string of the molecule is CCOC(=O)C1CCCN1C(=O)C(C)(C)Br. The van der Waals surface area contributed by atoms with E-state index in [2.05, 4.69) is 15.9 Å². The molecular formula is C11H18BrNO3. The molecule has 1 unspecified atom stereocenters. The molecule has 0 bridgehead atoms. The molecule has 1 rings (SSSR count). The number of likely N-dealkylation sites (tertiary alicyclic amines) is 1. The minimum Gasteiger partial charge on any atom is -0.464 e. The molecule has 92 valence electrons. The summed E-state index contributed by atoms with van der Waals surface area (Å²) in [5.74, 6) is -0.340. The van der Waals surface area contributed by atoms with Crippen LogP contribution in [0, 0.1) is 0 Å². The first-order chi connectivity index (χ1) is 7.38. The standard InChI is InChI=1S/C11H18BrNO3/c1-4-16-9(14)8-6-5-7-13(8)10(15)11(2,3)12/h8H,4-7H2,1-3H3. The lowest BCUT2D eigenvalue weighted by molar-refractivity contribution is -0.153. The summed E-state index contributed by atoms with van der Waals surface area (Å²) in [5.41, 5.74) is 0. The first kappa shape index (κ1) is 13.5. The van der Waals surface area contributed by atoms with E-state index in [1.54, 1.807) is 25.7 Å². The molecule has 5 heteroatoms. The number of halogens is 1. The largest absolute Gasteiger partial charge is 0.464 e. The molecule has 1 fully saturated rings. The summed E-state index contributed by atoms with van der Waals surface area (Å²) in [6.45, 7) is 6.34. The average Bonchev–Trinajstić information content (AvgIpc) is 2.63. The molecule has 1 aliphatic rings. The van der Waals surface area contributed by atoms with Gasteiger partial charge in [-0.25, -0.2) is 4.79 Å². The van der Waals surface area contributed by atoms with Crippen LogP contribution in [0.3, 0.4) is 0 Å². The summed E-state index contributed by atoms with van der Waals surface area (Å²) in [7, 11) is 0. The van der Waals surface area contributed by atoms with Gasteiger partial charge in [0.05, 0.1) is 10.9 Å². The first-order valence-electron chi connectivity index (χ1n) is 5.54. The number of nitrogens with zero attached hydrogens (tertiary/aromatic N) is 1. The van der Waals surface area contributed by atoms with Crippen molar-refractivity contribution in [2.24, 2.45) is 0 Å². The van der Waals surface area contributed by atoms with Gasteiger partial charge in [0.25, 0.3) is 0 Å². The summed E-state index contributed by atoms with van der Waals surface area (Å²) in [4.78, 5) is 25.3. The highest BCUT2D eigenvalue weighted by Gasteiger charge is 2.40. The molecule has 1 atom stereocenters. The average molecular weight is 292 g/mol. The third-order valence-corrected chi connectivity index (χ3v) is 2.92. The molecule has 0 saturated carbocycles. The Labute approximate surface area is 104 Å². The number of esters is 1. The van der Waals surface area contributed by atoms with E-state index in [1.807, 2.05) is 0 Å². The number of rotatable bonds is 3. The molecule has 16 heavy (non-hydrogen) atoms. The van der Waals surface area contributed by atoms with Crippen molar-refractivity contribution in [2.75, 3.05) is 13.2 Å². The lowest BCUT2D eigenvalue weighted by atomic mass is 10.1. The van der Waals surface area contributed by atoms with E-state index in [1.165, 1.54) is 0 Å². The summed E-state index contributed by atoms with van der Waals surface area (Å²) >= 11 is 3.33. The number of carbonyl (C=O) groups excluding carboxylic acids is 2. The lowest BCUT2D eigenvalue weighted by Gasteiger charge is -2.28. The van der Waals surface area contributed by atoms with Gasteiger partial charge in [-0.2, -0.15) is 0 Å². The number of hydrogen-bond acceptors (Lipinski definition) is 3. The summed E-state index contributed by atoms with van der Waals surface area (Å²) in [5, 5.41) is 0. The van der Waals surface area contributed by atoms with Crippen molar-refractivity contribution in [3.63, 3.8) is 0 Å². The summed E-state index contributed by atoms with van der Waals surface area (Å²) in [6.07, 6.45) is 1.56. The monoisotopic (exact) mass is 291 g/mol. The molecular weight excluding hydrogens is 274 g/mol. The Morgan fingerprint density at radius 1 is 1.50 bits per heavy atom. The second-order valence-corrected chi connectivity index (χ2v) is 6.36. The van der Waals surface area contributed by atoms with E-state index < -0.39 is 10.4 Å². The first-order valence-corrected chi connectivity index (χ1v) is 6.34. The molecule has 1 saturated heterocycles. The number of amides is 1. The van der Waals surface area contributed by atoms with Crippen molar-refractivity contribution in [1.82, 2.24) is 4.90 Å². The van der Waals surface area contributed by atoms with Crippen LogP contribution in [0.1, 0.15) is 33.6 Å². The van der Waals surface area contributed by atoms with Gasteiger partial charge in [-0.05, 0) is 33.6 Å². The maximum Gasteiger partial charge on any atom is 0.328 e. The fourth-order valence-corrected chi connectivity index (χ4v) is 2.06. The predicted octanol–water partition coefficient (Wildman–Crippen LogP) is 1.71. The van der Waals surface area contributed by atoms with Crippen LogP contribution in [0.25, 0.3) is 0 Å². The normalized spacial score (nSPS) is 21.0. The summed E-state index contributed by atoms with van der Waals surface area (Å²) in [6, 6.07) is -0.399. The van der Waals surface area contributed by atoms with Crippen LogP contribution in [-0.2, 0) is 14.3 Å². The van der Waals surface area contributed by atoms with Crippen LogP contribution < -0.4 is 0 Å². The Kier molecular flexibility index (Phi) is 4.35. The van der Waals surface area contributed by atoms with Gasteiger partial charge in [-0.15, -0.1) is 0 Å². The second-order valence-electron chi connectivity index (χ2n) is 4.38. The molecule has 0 radical (unpaired) electrons. The Balaban J connectivity index is 2.73. The molecule has 1 aliphatic heterocycles. The molecule has 0 spiro atoms. The van der Waals surface area contributed by atoms with E-state index in [4.69, 9.17) is 4.74 Å². The van der Waals surface area contributed by atoms with Gasteiger partial charge in [0.2, 0.25) is 5.91 Å². The molecule has 0 aliphatic carbocycles. The molecule has 0 aromatic rings. The Bertz CT molecular complexity index is 285. The maximum absolute atomic E-state index is 12.1. The van der Waals surface area contributed by atoms with Crippen LogP contribution in [0.15, 0.2) is 0 Å². The van der Waals surface area contributed by atoms with Crippen LogP contribution in [0.5, 0.6) is 0 Å². The Hall–Kier alpha value is -0.580. The van der Waals surface area contributed by atoms with Gasteiger partial charge in [-0.3, -0.25) is 4.79 Å². The van der Waals surface area contributed by atoms with E-state index in [-0.39, 0.29) is 11.9 Å². The zero-order chi connectivity index (χ0) is 12.3. The molecule has 0 aromatic heterocycles. The molecule has 0 aromatic carbocycles. The Morgan fingerprint density at radius 3 is 2.62 bits per heavy atom. The van der Waals surface area contributed by atoms with Crippen molar-refractivity contribution in [1.29, 1.82) is 0 Å². The number of hydrogen-bond donors (Lipinski definition) is 0. The topological polar surface area (TPSA) is 46.6 Å². The van der Waals surface area contributed by atoms with Crippen molar-refractivity contribution in [3.05, 3.63) is 0 Å². The summed E-state index contributed by atoms with van der Waals surface area (Å²) < 4.78 is 4.35. The zero-order valence-corrected chi connectivity index (χ0v) is 11.5. The molecule has 4 nitrogen and oxygen atoms in total. The highest BCUT2D eigenvalue weighted by atomic mass is 79.9. The second kappa shape index (κ2) is 5.17. The van der Waals surface area contributed by atoms with Crippen LogP contribution in [-0.4, -0.2) is 40.3 Å². The van der Waals surface area contributed by atoms with Crippen molar-refractivity contribution >= 4 is 27.8 Å². The van der Waals surface area contributed by atoms with Gasteiger partial charge >= 0.3 is 5.97 Å². The van der Waals surface area contributed by atoms with E-state index in [0.717, 1.165) is 6.42 Å². The number of ether oxygens (including phenoxy) is 1. The third-order valence-electron chi connectivity index (χ3n) is 2.58. The van der Waals surface area contributed by atoms with Gasteiger partial charge in [0, 0.05) is 6.54 Å². The highest BCUT2D eigenvalue weighted by Crippen LogP contribution is 2.26. The van der Waals surface area contributed by atoms with Crippen LogP contribution in [0.2, 0.25) is 0 Å². The van der Waals surface area contributed by atoms with Gasteiger partial charge < -0.3 is 9.64 Å². The fourth-order valence-electron chi connectivity index (χ4n) is 1.83. The van der Waals surface area contributed by atoms with E-state index in [0.29, 0.717) is 19.6 Å². The maximum atomic E-state index is 12.1. The van der Waals surface area contributed by atoms with E-state index in [9.17, 15) is 9.59 Å². The van der Waals surface area contributed by atoms with Crippen LogP contribution >= 0.6 is 15.9 Å². The minimum absolute atomic E-state index is 0.0527. The molecule has 1 amide bonds. The predicted molar refractivity (Wildman–Crippen MR) is 64.4 cm³/mol. The van der Waals surface area contributed by atoms with Gasteiger partial charge in [0.1, 0.15) is 6.04 Å².